The zero-order valence-corrected chi connectivity index (χ0v) is 4.42. The molecule has 8 heavy (non-hydrogen) atoms. The molecule has 0 aromatic carbocycles. The van der Waals surface area contributed by atoms with Crippen LogP contribution < -0.4 is 0 Å². The van der Waals surface area contributed by atoms with Gasteiger partial charge in [-0.1, -0.05) is 5.16 Å². The number of hydrogen-bond donors (Lipinski definition) is 0. The maximum atomic E-state index is 10.1. The van der Waals surface area contributed by atoms with Crippen molar-refractivity contribution in [3.8, 4) is 0 Å². The van der Waals surface area contributed by atoms with Crippen molar-refractivity contribution in [2.45, 2.75) is 0 Å². The van der Waals surface area contributed by atoms with Crippen molar-refractivity contribution in [1.82, 2.24) is 10.1 Å². The monoisotopic (exact) mass is 132 g/mol. The first-order valence-electron chi connectivity index (χ1n) is 1.77. The van der Waals surface area contributed by atoms with Gasteiger partial charge in [0.15, 0.2) is 6.33 Å². The highest BCUT2D eigenvalue weighted by atomic mass is 35.5. The Hall–Kier alpha value is -0.900. The molecule has 0 saturated carbocycles. The lowest BCUT2D eigenvalue weighted by atomic mass is 10.8. The molecule has 0 atom stereocenters. The molecule has 0 saturated heterocycles. The molecule has 0 radical (unpaired) electrons. The second-order valence-corrected chi connectivity index (χ2v) is 1.36. The van der Waals surface area contributed by atoms with Gasteiger partial charge in [0, 0.05) is 0 Å². The Morgan fingerprint density at radius 2 is 2.62 bits per heavy atom. The van der Waals surface area contributed by atoms with Crippen LogP contribution in [0.5, 0.6) is 0 Å². The molecule has 0 aliphatic rings. The van der Waals surface area contributed by atoms with Crippen molar-refractivity contribution in [1.29, 1.82) is 0 Å². The number of aromatic nitrogens is 2. The zero-order valence-electron chi connectivity index (χ0n) is 3.67. The van der Waals surface area contributed by atoms with Crippen LogP contribution in [0.15, 0.2) is 10.9 Å². The van der Waals surface area contributed by atoms with Gasteiger partial charge in [-0.3, -0.25) is 4.79 Å². The van der Waals surface area contributed by atoms with E-state index < -0.39 is 5.24 Å². The van der Waals surface area contributed by atoms with E-state index in [1.807, 2.05) is 0 Å². The molecular formula is C3HClN2O2. The van der Waals surface area contributed by atoms with Gasteiger partial charge < -0.3 is 4.52 Å². The zero-order chi connectivity index (χ0) is 5.98. The molecule has 0 unspecified atom stereocenters. The van der Waals surface area contributed by atoms with Crippen molar-refractivity contribution in [3.63, 3.8) is 0 Å². The summed E-state index contributed by atoms with van der Waals surface area (Å²) in [5.74, 6) is -0.174. The van der Waals surface area contributed by atoms with E-state index in [4.69, 9.17) is 11.6 Å². The van der Waals surface area contributed by atoms with Gasteiger partial charge in [0.25, 0.3) is 0 Å². The molecule has 1 aromatic heterocycles. The van der Waals surface area contributed by atoms with E-state index in [1.165, 1.54) is 0 Å². The summed E-state index contributed by atoms with van der Waals surface area (Å²) in [5, 5.41) is 2.42. The molecule has 4 nitrogen and oxygen atoms in total. The molecule has 0 N–H and O–H groups in total. The summed E-state index contributed by atoms with van der Waals surface area (Å²) in [6, 6.07) is 0. The van der Waals surface area contributed by atoms with E-state index in [0.717, 1.165) is 6.33 Å². The van der Waals surface area contributed by atoms with Crippen molar-refractivity contribution < 1.29 is 9.32 Å². The van der Waals surface area contributed by atoms with E-state index in [9.17, 15) is 4.79 Å². The third kappa shape index (κ3) is 0.840. The van der Waals surface area contributed by atoms with Crippen LogP contribution in [0.2, 0.25) is 0 Å². The highest BCUT2D eigenvalue weighted by Gasteiger charge is 2.05. The second kappa shape index (κ2) is 1.92. The average Bonchev–Trinajstić information content (AvgIpc) is 2.12. The fourth-order valence-corrected chi connectivity index (χ4v) is 0.343. The molecule has 0 fully saturated rings. The van der Waals surface area contributed by atoms with Gasteiger partial charge in [0.2, 0.25) is 0 Å². The first-order valence-corrected chi connectivity index (χ1v) is 2.15. The summed E-state index contributed by atoms with van der Waals surface area (Å²) in [4.78, 5) is 13.4. The second-order valence-electron chi connectivity index (χ2n) is 1.02. The van der Waals surface area contributed by atoms with Crippen LogP contribution in [0, 0.1) is 0 Å². The molecule has 0 aliphatic carbocycles. The number of nitrogens with zero attached hydrogens (tertiary/aromatic N) is 2. The standard InChI is InChI=1S/C3HClN2O2/c4-2(7)3-5-1-6-8-3/h1H. The normalized spacial score (nSPS) is 9.12. The molecule has 1 aromatic rings. The maximum Gasteiger partial charge on any atom is 0.310 e. The van der Waals surface area contributed by atoms with Crippen molar-refractivity contribution in [3.05, 3.63) is 12.2 Å². The lowest BCUT2D eigenvalue weighted by Crippen LogP contribution is -1.85. The van der Waals surface area contributed by atoms with Crippen LogP contribution in [0.1, 0.15) is 10.7 Å². The number of hydrogen-bond acceptors (Lipinski definition) is 4. The fourth-order valence-electron chi connectivity index (χ4n) is 0.260. The Morgan fingerprint density at radius 3 is 2.88 bits per heavy atom. The third-order valence-corrected chi connectivity index (χ3v) is 0.691. The summed E-state index contributed by atoms with van der Waals surface area (Å²) < 4.78 is 4.25. The quantitative estimate of drug-likeness (QED) is 0.521. The van der Waals surface area contributed by atoms with E-state index in [2.05, 4.69) is 14.7 Å². The minimum Gasteiger partial charge on any atom is -0.330 e. The summed E-state index contributed by atoms with van der Waals surface area (Å²) in [5.41, 5.74) is 0. The molecule has 5 heteroatoms. The first kappa shape index (κ1) is 5.24. The molecule has 0 aliphatic heterocycles. The fraction of sp³-hybridized carbons (Fsp3) is 0. The summed E-state index contributed by atoms with van der Waals surface area (Å²) in [6.45, 7) is 0. The molecule has 1 heterocycles. The van der Waals surface area contributed by atoms with Gasteiger partial charge in [-0.15, -0.1) is 0 Å². The minimum absolute atomic E-state index is 0.174. The van der Waals surface area contributed by atoms with Gasteiger partial charge in [-0.25, -0.2) is 0 Å². The van der Waals surface area contributed by atoms with Crippen LogP contribution in [0.4, 0.5) is 0 Å². The first-order chi connectivity index (χ1) is 3.80. The van der Waals surface area contributed by atoms with E-state index in [-0.39, 0.29) is 5.89 Å². The minimum atomic E-state index is -0.734. The van der Waals surface area contributed by atoms with Gasteiger partial charge in [-0.05, 0) is 11.6 Å². The topological polar surface area (TPSA) is 56.0 Å². The Kier molecular flexibility index (Phi) is 1.26. The van der Waals surface area contributed by atoms with Gasteiger partial charge in [0.05, 0.1) is 0 Å². The Labute approximate surface area is 49.4 Å². The van der Waals surface area contributed by atoms with Gasteiger partial charge in [0.1, 0.15) is 0 Å². The largest absolute Gasteiger partial charge is 0.330 e. The summed E-state index contributed by atoms with van der Waals surface area (Å²) in [7, 11) is 0. The van der Waals surface area contributed by atoms with E-state index in [1.54, 1.807) is 0 Å². The third-order valence-electron chi connectivity index (χ3n) is 0.529. The highest BCUT2D eigenvalue weighted by molar-refractivity contribution is 6.67. The molecule has 0 spiro atoms. The Bertz CT molecular complexity index is 183. The molecule has 0 bridgehead atoms. The Morgan fingerprint density at radius 1 is 1.88 bits per heavy atom. The summed E-state index contributed by atoms with van der Waals surface area (Å²) in [6.07, 6.45) is 1.11. The number of carbonyl (C=O) groups excluding carboxylic acids is 1. The van der Waals surface area contributed by atoms with Gasteiger partial charge >= 0.3 is 11.1 Å². The predicted octanol–water partition coefficient (Wildman–Crippen LogP) is 0.449. The van der Waals surface area contributed by atoms with Crippen LogP contribution in [-0.4, -0.2) is 15.4 Å². The van der Waals surface area contributed by atoms with Crippen LogP contribution in [0.25, 0.3) is 0 Å². The number of carbonyl (C=O) groups is 1. The van der Waals surface area contributed by atoms with E-state index in [0.29, 0.717) is 0 Å². The van der Waals surface area contributed by atoms with Crippen LogP contribution >= 0.6 is 11.6 Å². The number of halogens is 1. The highest BCUT2D eigenvalue weighted by Crippen LogP contribution is 1.94. The molecular weight excluding hydrogens is 131 g/mol. The molecule has 0 amide bonds. The number of rotatable bonds is 1. The molecule has 42 valence electrons. The maximum absolute atomic E-state index is 10.1. The predicted molar refractivity (Wildman–Crippen MR) is 24.5 cm³/mol. The van der Waals surface area contributed by atoms with Crippen molar-refractivity contribution >= 4 is 16.8 Å². The van der Waals surface area contributed by atoms with Gasteiger partial charge in [-0.2, -0.15) is 4.98 Å². The van der Waals surface area contributed by atoms with Crippen molar-refractivity contribution in [2.75, 3.05) is 0 Å². The van der Waals surface area contributed by atoms with Crippen LogP contribution in [0.3, 0.4) is 0 Å². The lowest BCUT2D eigenvalue weighted by Gasteiger charge is -1.72. The Balaban J connectivity index is 2.93. The smallest absolute Gasteiger partial charge is 0.310 e. The van der Waals surface area contributed by atoms with Crippen LogP contribution in [-0.2, 0) is 0 Å². The lowest BCUT2D eigenvalue weighted by molar-refractivity contribution is 0.104. The van der Waals surface area contributed by atoms with E-state index >= 15 is 0 Å². The average molecular weight is 133 g/mol. The summed E-state index contributed by atoms with van der Waals surface area (Å²) >= 11 is 4.91. The SMILES string of the molecule is O=C(Cl)c1ncno1. The van der Waals surface area contributed by atoms with Crippen molar-refractivity contribution in [2.24, 2.45) is 0 Å². The molecule has 1 rings (SSSR count).